The Morgan fingerprint density at radius 2 is 2.38 bits per heavy atom. The maximum Gasteiger partial charge on any atom is 0.229 e. The molecule has 0 radical (unpaired) electrons. The first-order chi connectivity index (χ1) is 6.05. The molecule has 72 valence electrons. The van der Waals surface area contributed by atoms with Gasteiger partial charge in [-0.05, 0) is 23.8 Å². The number of carbonyl (C=O) groups is 1. The van der Waals surface area contributed by atoms with E-state index in [4.69, 9.17) is 5.53 Å². The molecule has 0 aliphatic carbocycles. The number of nitrogens with zero attached hydrogens (tertiary/aromatic N) is 3. The first-order valence-corrected chi connectivity index (χ1v) is 4.37. The van der Waals surface area contributed by atoms with E-state index in [2.05, 4.69) is 29.2 Å². The lowest BCUT2D eigenvalue weighted by Gasteiger charge is -2.22. The van der Waals surface area contributed by atoms with Crippen LogP contribution >= 0.6 is 0 Å². The molecule has 5 heteroatoms. The summed E-state index contributed by atoms with van der Waals surface area (Å²) in [6, 6.07) is -0.539. The summed E-state index contributed by atoms with van der Waals surface area (Å²) in [4.78, 5) is 14.0. The average molecular weight is 182 g/mol. The van der Waals surface area contributed by atoms with E-state index in [1.807, 2.05) is 0 Å². The molecular weight excluding hydrogens is 168 g/mol. The Morgan fingerprint density at radius 1 is 1.69 bits per heavy atom. The summed E-state index contributed by atoms with van der Waals surface area (Å²) in [5, 5.41) is 6.22. The summed E-state index contributed by atoms with van der Waals surface area (Å²) in [5.41, 5.74) is 8.34. The third kappa shape index (κ3) is 2.63. The van der Waals surface area contributed by atoms with Gasteiger partial charge in [-0.25, -0.2) is 0 Å². The molecule has 5 nitrogen and oxygen atoms in total. The third-order valence-corrected chi connectivity index (χ3v) is 2.34. The quantitative estimate of drug-likeness (QED) is 0.373. The van der Waals surface area contributed by atoms with E-state index in [0.717, 1.165) is 6.42 Å². The van der Waals surface area contributed by atoms with Crippen LogP contribution in [-0.4, -0.2) is 18.5 Å². The zero-order valence-electron chi connectivity index (χ0n) is 7.95. The fourth-order valence-electron chi connectivity index (χ4n) is 1.52. The van der Waals surface area contributed by atoms with E-state index in [-0.39, 0.29) is 11.3 Å². The van der Waals surface area contributed by atoms with Crippen molar-refractivity contribution in [2.45, 2.75) is 32.7 Å². The van der Waals surface area contributed by atoms with Gasteiger partial charge < -0.3 is 5.32 Å². The summed E-state index contributed by atoms with van der Waals surface area (Å²) in [5.74, 6) is -0.150. The number of hydrogen-bond acceptors (Lipinski definition) is 2. The second-order valence-corrected chi connectivity index (χ2v) is 4.13. The van der Waals surface area contributed by atoms with Gasteiger partial charge in [0.05, 0.1) is 0 Å². The molecule has 1 aliphatic heterocycles. The summed E-state index contributed by atoms with van der Waals surface area (Å²) >= 11 is 0. The number of hydrogen-bond donors (Lipinski definition) is 1. The fourth-order valence-corrected chi connectivity index (χ4v) is 1.52. The lowest BCUT2D eigenvalue weighted by Crippen LogP contribution is -2.31. The molecule has 1 heterocycles. The SMILES string of the molecule is CC1(C)CCNC(=O)C(N=[N+]=[N-])C1. The molecule has 1 fully saturated rings. The predicted octanol–water partition coefficient (Wildman–Crippen LogP) is 1.60. The molecule has 0 bridgehead atoms. The highest BCUT2D eigenvalue weighted by Gasteiger charge is 2.30. The molecule has 0 spiro atoms. The Labute approximate surface area is 77.1 Å². The van der Waals surface area contributed by atoms with Gasteiger partial charge in [0, 0.05) is 11.5 Å². The first kappa shape index (κ1) is 9.86. The number of nitrogens with one attached hydrogen (secondary N) is 1. The average Bonchev–Trinajstić information content (AvgIpc) is 2.12. The zero-order chi connectivity index (χ0) is 9.90. The molecule has 1 N–H and O–H groups in total. The van der Waals surface area contributed by atoms with E-state index in [1.54, 1.807) is 0 Å². The topological polar surface area (TPSA) is 77.9 Å². The minimum Gasteiger partial charge on any atom is -0.356 e. The Balaban J connectivity index is 2.78. The largest absolute Gasteiger partial charge is 0.356 e. The van der Waals surface area contributed by atoms with Gasteiger partial charge in [-0.3, -0.25) is 4.79 Å². The van der Waals surface area contributed by atoms with Crippen LogP contribution in [0.1, 0.15) is 26.7 Å². The molecule has 1 unspecified atom stereocenters. The molecule has 1 atom stereocenters. The highest BCUT2D eigenvalue weighted by atomic mass is 16.2. The van der Waals surface area contributed by atoms with E-state index >= 15 is 0 Å². The van der Waals surface area contributed by atoms with Crippen molar-refractivity contribution >= 4 is 5.91 Å². The van der Waals surface area contributed by atoms with Crippen molar-refractivity contribution in [3.05, 3.63) is 10.4 Å². The third-order valence-electron chi connectivity index (χ3n) is 2.34. The van der Waals surface area contributed by atoms with Crippen molar-refractivity contribution in [3.8, 4) is 0 Å². The van der Waals surface area contributed by atoms with Crippen LogP contribution < -0.4 is 5.32 Å². The number of azide groups is 1. The van der Waals surface area contributed by atoms with Crippen LogP contribution in [0.5, 0.6) is 0 Å². The molecule has 0 saturated carbocycles. The lowest BCUT2D eigenvalue weighted by atomic mass is 9.84. The summed E-state index contributed by atoms with van der Waals surface area (Å²) < 4.78 is 0. The van der Waals surface area contributed by atoms with Crippen molar-refractivity contribution < 1.29 is 4.79 Å². The molecule has 1 saturated heterocycles. The summed E-state index contributed by atoms with van der Waals surface area (Å²) in [6.45, 7) is 4.82. The van der Waals surface area contributed by atoms with Gasteiger partial charge in [-0.2, -0.15) is 0 Å². The van der Waals surface area contributed by atoms with Crippen molar-refractivity contribution in [1.82, 2.24) is 5.32 Å². The van der Waals surface area contributed by atoms with Gasteiger partial charge in [0.2, 0.25) is 5.91 Å². The second kappa shape index (κ2) is 3.66. The first-order valence-electron chi connectivity index (χ1n) is 4.37. The van der Waals surface area contributed by atoms with Gasteiger partial charge in [-0.1, -0.05) is 19.0 Å². The smallest absolute Gasteiger partial charge is 0.229 e. The highest BCUT2D eigenvalue weighted by Crippen LogP contribution is 2.29. The Morgan fingerprint density at radius 3 is 3.00 bits per heavy atom. The van der Waals surface area contributed by atoms with Crippen molar-refractivity contribution in [1.29, 1.82) is 0 Å². The molecular formula is C8H14N4O. The van der Waals surface area contributed by atoms with Crippen LogP contribution in [0.15, 0.2) is 5.11 Å². The summed E-state index contributed by atoms with van der Waals surface area (Å²) in [6.07, 6.45) is 1.55. The monoisotopic (exact) mass is 182 g/mol. The van der Waals surface area contributed by atoms with E-state index in [0.29, 0.717) is 13.0 Å². The van der Waals surface area contributed by atoms with Crippen molar-refractivity contribution in [2.24, 2.45) is 10.5 Å². The number of carbonyl (C=O) groups excluding carboxylic acids is 1. The van der Waals surface area contributed by atoms with Gasteiger partial charge in [0.1, 0.15) is 6.04 Å². The van der Waals surface area contributed by atoms with Crippen molar-refractivity contribution in [2.75, 3.05) is 6.54 Å². The Kier molecular flexibility index (Phi) is 2.78. The lowest BCUT2D eigenvalue weighted by molar-refractivity contribution is -0.122. The van der Waals surface area contributed by atoms with Crippen LogP contribution in [0.2, 0.25) is 0 Å². The van der Waals surface area contributed by atoms with Crippen LogP contribution in [0.25, 0.3) is 10.4 Å². The van der Waals surface area contributed by atoms with Gasteiger partial charge >= 0.3 is 0 Å². The Hall–Kier alpha value is -1.22. The molecule has 0 aromatic heterocycles. The minimum absolute atomic E-state index is 0.0675. The van der Waals surface area contributed by atoms with Crippen LogP contribution in [0, 0.1) is 5.41 Å². The van der Waals surface area contributed by atoms with E-state index < -0.39 is 6.04 Å². The van der Waals surface area contributed by atoms with Crippen LogP contribution in [0.4, 0.5) is 0 Å². The van der Waals surface area contributed by atoms with Crippen molar-refractivity contribution in [3.63, 3.8) is 0 Å². The fraction of sp³-hybridized carbons (Fsp3) is 0.875. The second-order valence-electron chi connectivity index (χ2n) is 4.13. The zero-order valence-corrected chi connectivity index (χ0v) is 7.95. The highest BCUT2D eigenvalue weighted by molar-refractivity contribution is 5.82. The van der Waals surface area contributed by atoms with Gasteiger partial charge in [-0.15, -0.1) is 0 Å². The number of amides is 1. The summed E-state index contributed by atoms with van der Waals surface area (Å²) in [7, 11) is 0. The molecule has 1 rings (SSSR count). The normalized spacial score (nSPS) is 26.9. The van der Waals surface area contributed by atoms with E-state index in [9.17, 15) is 4.79 Å². The van der Waals surface area contributed by atoms with Gasteiger partial charge in [0.25, 0.3) is 0 Å². The molecule has 0 aromatic carbocycles. The maximum atomic E-state index is 11.3. The van der Waals surface area contributed by atoms with Crippen LogP contribution in [-0.2, 0) is 4.79 Å². The standard InChI is InChI=1S/C8H14N4O/c1-8(2)3-4-10-7(13)6(5-8)11-12-9/h6H,3-5H2,1-2H3,(H,10,13). The molecule has 13 heavy (non-hydrogen) atoms. The maximum absolute atomic E-state index is 11.3. The predicted molar refractivity (Wildman–Crippen MR) is 49.0 cm³/mol. The Bertz CT molecular complexity index is 255. The molecule has 1 aliphatic rings. The van der Waals surface area contributed by atoms with Crippen LogP contribution in [0.3, 0.4) is 0 Å². The minimum atomic E-state index is -0.539. The molecule has 0 aromatic rings. The number of rotatable bonds is 1. The molecule has 1 amide bonds. The van der Waals surface area contributed by atoms with E-state index in [1.165, 1.54) is 0 Å². The van der Waals surface area contributed by atoms with Gasteiger partial charge in [0.15, 0.2) is 0 Å².